The monoisotopic (exact) mass is 535 g/mol. The molecule has 0 atom stereocenters. The molecule has 29 heavy (non-hydrogen) atoms. The second kappa shape index (κ2) is 11.9. The van der Waals surface area contributed by atoms with Gasteiger partial charge in [-0.05, 0) is 12.8 Å². The van der Waals surface area contributed by atoms with Gasteiger partial charge in [-0.3, -0.25) is 14.7 Å². The molecule has 2 N–H and O–H groups in total. The van der Waals surface area contributed by atoms with Gasteiger partial charge in [-0.2, -0.15) is 0 Å². The third kappa shape index (κ3) is 6.95. The van der Waals surface area contributed by atoms with Crippen LogP contribution in [0, 0.1) is 5.92 Å². The third-order valence-corrected chi connectivity index (χ3v) is 6.50. The van der Waals surface area contributed by atoms with Gasteiger partial charge in [-0.15, -0.1) is 35.3 Å². The van der Waals surface area contributed by atoms with Gasteiger partial charge in [0.2, 0.25) is 5.91 Å². The van der Waals surface area contributed by atoms with Crippen LogP contribution in [0.3, 0.4) is 0 Å². The first-order valence-corrected chi connectivity index (χ1v) is 11.0. The molecule has 2 aliphatic rings. The van der Waals surface area contributed by atoms with Crippen molar-refractivity contribution in [3.05, 3.63) is 11.1 Å². The smallest absolute Gasteiger partial charge is 0.225 e. The summed E-state index contributed by atoms with van der Waals surface area (Å²) in [5, 5.41) is 9.76. The summed E-state index contributed by atoms with van der Waals surface area (Å²) in [5.74, 6) is 1.49. The Morgan fingerprint density at radius 2 is 2.00 bits per heavy atom. The van der Waals surface area contributed by atoms with E-state index in [0.29, 0.717) is 18.4 Å². The van der Waals surface area contributed by atoms with E-state index < -0.39 is 0 Å². The number of hydrogen-bond acceptors (Lipinski definition) is 6. The van der Waals surface area contributed by atoms with E-state index in [2.05, 4.69) is 35.8 Å². The fourth-order valence-corrected chi connectivity index (χ4v) is 4.17. The van der Waals surface area contributed by atoms with Gasteiger partial charge in [0.05, 0.1) is 12.2 Å². The van der Waals surface area contributed by atoms with Gasteiger partial charge in [0, 0.05) is 71.7 Å². The summed E-state index contributed by atoms with van der Waals surface area (Å²) in [6.45, 7) is 6.08. The molecule has 1 saturated heterocycles. The number of halogens is 1. The fraction of sp³-hybridized carbons (Fsp3) is 0.737. The molecule has 1 amide bonds. The maximum atomic E-state index is 12.3. The molecule has 3 rings (SSSR count). The van der Waals surface area contributed by atoms with Gasteiger partial charge in [-0.1, -0.05) is 6.42 Å². The number of aliphatic imine (C=N–C) groups is 1. The predicted molar refractivity (Wildman–Crippen MR) is 130 cm³/mol. The van der Waals surface area contributed by atoms with Crippen LogP contribution >= 0.6 is 35.3 Å². The molecule has 1 aromatic rings. The summed E-state index contributed by atoms with van der Waals surface area (Å²) in [7, 11) is 5.78. The molecule has 1 saturated carbocycles. The molecule has 0 unspecified atom stereocenters. The van der Waals surface area contributed by atoms with Crippen LogP contribution in [0.5, 0.6) is 0 Å². The van der Waals surface area contributed by atoms with E-state index in [1.54, 1.807) is 18.4 Å². The summed E-state index contributed by atoms with van der Waals surface area (Å²) in [6, 6.07) is 0. The SMILES string of the molecule is CN=C(NCCN1CCN(C(=O)C2CCC2)CC1)NCc1csc(N(C)C)n1.I. The average molecular weight is 536 g/mol. The van der Waals surface area contributed by atoms with E-state index in [-0.39, 0.29) is 24.0 Å². The van der Waals surface area contributed by atoms with Crippen LogP contribution in [0.25, 0.3) is 0 Å². The van der Waals surface area contributed by atoms with Crippen molar-refractivity contribution in [1.82, 2.24) is 25.4 Å². The number of guanidine groups is 1. The first-order chi connectivity index (χ1) is 13.6. The Morgan fingerprint density at radius 3 is 2.55 bits per heavy atom. The van der Waals surface area contributed by atoms with Crippen molar-refractivity contribution in [3.63, 3.8) is 0 Å². The number of piperazine rings is 1. The van der Waals surface area contributed by atoms with Gasteiger partial charge in [0.15, 0.2) is 11.1 Å². The van der Waals surface area contributed by atoms with Crippen molar-refractivity contribution in [2.24, 2.45) is 10.9 Å². The summed E-state index contributed by atoms with van der Waals surface area (Å²) in [4.78, 5) is 27.7. The molecular formula is C19H34IN7OS. The zero-order valence-electron chi connectivity index (χ0n) is 17.7. The standard InChI is InChI=1S/C19H33N7OS.HI/c1-20-18(22-13-16-14-28-19(23-16)24(2)3)21-7-8-25-9-11-26(12-10-25)17(27)15-5-4-6-15;/h14-15H,4-13H2,1-3H3,(H2,20,21,22);1H. The number of amides is 1. The van der Waals surface area contributed by atoms with Crippen LogP contribution < -0.4 is 15.5 Å². The Hall–Kier alpha value is -1.14. The summed E-state index contributed by atoms with van der Waals surface area (Å²) in [6.07, 6.45) is 3.40. The number of hydrogen-bond donors (Lipinski definition) is 2. The lowest BCUT2D eigenvalue weighted by Gasteiger charge is -2.38. The van der Waals surface area contributed by atoms with Gasteiger partial charge in [-0.25, -0.2) is 4.98 Å². The summed E-state index contributed by atoms with van der Waals surface area (Å²) in [5.41, 5.74) is 1.02. The maximum Gasteiger partial charge on any atom is 0.225 e. The number of thiazole rings is 1. The predicted octanol–water partition coefficient (Wildman–Crippen LogP) is 1.44. The molecule has 10 heteroatoms. The number of rotatable bonds is 7. The minimum absolute atomic E-state index is 0. The molecule has 2 fully saturated rings. The van der Waals surface area contributed by atoms with Crippen LogP contribution in [0.2, 0.25) is 0 Å². The largest absolute Gasteiger partial charge is 0.355 e. The Morgan fingerprint density at radius 1 is 1.28 bits per heavy atom. The molecule has 0 aromatic carbocycles. The minimum atomic E-state index is 0. The lowest BCUT2D eigenvalue weighted by Crippen LogP contribution is -2.52. The van der Waals surface area contributed by atoms with Crippen molar-refractivity contribution >= 4 is 52.3 Å². The van der Waals surface area contributed by atoms with Crippen LogP contribution in [0.1, 0.15) is 25.0 Å². The van der Waals surface area contributed by atoms with E-state index in [0.717, 1.165) is 68.9 Å². The molecule has 2 heterocycles. The van der Waals surface area contributed by atoms with Gasteiger partial charge < -0.3 is 20.4 Å². The maximum absolute atomic E-state index is 12.3. The van der Waals surface area contributed by atoms with Crippen molar-refractivity contribution < 1.29 is 4.79 Å². The Kier molecular flexibility index (Phi) is 9.90. The average Bonchev–Trinajstić information content (AvgIpc) is 3.13. The fourth-order valence-electron chi connectivity index (χ4n) is 3.42. The highest BCUT2D eigenvalue weighted by molar-refractivity contribution is 14.0. The quantitative estimate of drug-likeness (QED) is 0.313. The first-order valence-electron chi connectivity index (χ1n) is 10.1. The molecule has 1 aliphatic carbocycles. The van der Waals surface area contributed by atoms with Crippen molar-refractivity contribution in [3.8, 4) is 0 Å². The van der Waals surface area contributed by atoms with E-state index in [4.69, 9.17) is 0 Å². The molecular weight excluding hydrogens is 501 g/mol. The van der Waals surface area contributed by atoms with Crippen molar-refractivity contribution in [1.29, 1.82) is 0 Å². The van der Waals surface area contributed by atoms with Gasteiger partial charge in [0.1, 0.15) is 0 Å². The number of nitrogens with zero attached hydrogens (tertiary/aromatic N) is 5. The van der Waals surface area contributed by atoms with Gasteiger partial charge in [0.25, 0.3) is 0 Å². The summed E-state index contributed by atoms with van der Waals surface area (Å²) < 4.78 is 0. The number of anilines is 1. The highest BCUT2D eigenvalue weighted by Crippen LogP contribution is 2.28. The van der Waals surface area contributed by atoms with E-state index in [1.807, 2.05) is 19.0 Å². The second-order valence-corrected chi connectivity index (χ2v) is 8.50. The zero-order valence-corrected chi connectivity index (χ0v) is 20.8. The topological polar surface area (TPSA) is 76.1 Å². The molecule has 1 aliphatic heterocycles. The van der Waals surface area contributed by atoms with Crippen LogP contribution in [0.4, 0.5) is 5.13 Å². The Balaban J connectivity index is 0.00000300. The van der Waals surface area contributed by atoms with E-state index in [1.165, 1.54) is 6.42 Å². The van der Waals surface area contributed by atoms with E-state index in [9.17, 15) is 4.79 Å². The number of carbonyl (C=O) groups is 1. The molecule has 0 spiro atoms. The number of aromatic nitrogens is 1. The molecule has 0 bridgehead atoms. The number of carbonyl (C=O) groups excluding carboxylic acids is 1. The molecule has 0 radical (unpaired) electrons. The minimum Gasteiger partial charge on any atom is -0.355 e. The molecule has 1 aromatic heterocycles. The molecule has 8 nitrogen and oxygen atoms in total. The van der Waals surface area contributed by atoms with Gasteiger partial charge >= 0.3 is 0 Å². The Labute approximate surface area is 195 Å². The third-order valence-electron chi connectivity index (χ3n) is 5.44. The highest BCUT2D eigenvalue weighted by atomic mass is 127. The first kappa shape index (κ1) is 24.1. The second-order valence-electron chi connectivity index (χ2n) is 7.66. The lowest BCUT2D eigenvalue weighted by molar-refractivity contribution is -0.139. The normalized spacial score (nSPS) is 18.0. The van der Waals surface area contributed by atoms with Crippen molar-refractivity contribution in [2.75, 3.05) is 65.3 Å². The van der Waals surface area contributed by atoms with Crippen LogP contribution in [0.15, 0.2) is 10.4 Å². The Bertz CT molecular complexity index is 669. The van der Waals surface area contributed by atoms with Crippen molar-refractivity contribution in [2.45, 2.75) is 25.8 Å². The number of nitrogens with one attached hydrogen (secondary N) is 2. The lowest BCUT2D eigenvalue weighted by atomic mass is 9.84. The highest BCUT2D eigenvalue weighted by Gasteiger charge is 2.30. The zero-order chi connectivity index (χ0) is 19.9. The summed E-state index contributed by atoms with van der Waals surface area (Å²) >= 11 is 1.64. The molecule has 164 valence electrons. The van der Waals surface area contributed by atoms with Crippen LogP contribution in [-0.2, 0) is 11.3 Å². The van der Waals surface area contributed by atoms with E-state index >= 15 is 0 Å². The van der Waals surface area contributed by atoms with Crippen LogP contribution in [-0.4, -0.2) is 87.1 Å².